The molecule has 0 saturated heterocycles. The van der Waals surface area contributed by atoms with Gasteiger partial charge in [0.2, 0.25) is 0 Å². The van der Waals surface area contributed by atoms with E-state index in [-0.39, 0.29) is 23.7 Å². The third kappa shape index (κ3) is 5.73. The number of nitriles is 1. The highest BCUT2D eigenvalue weighted by atomic mass is 32.1. The highest BCUT2D eigenvalue weighted by Crippen LogP contribution is 2.44. The van der Waals surface area contributed by atoms with Gasteiger partial charge in [-0.3, -0.25) is 10.1 Å². The van der Waals surface area contributed by atoms with E-state index < -0.39 is 4.92 Å². The molecule has 1 atom stereocenters. The number of rotatable bonds is 7. The van der Waals surface area contributed by atoms with Crippen molar-refractivity contribution in [3.05, 3.63) is 67.0 Å². The quantitative estimate of drug-likeness (QED) is 0.148. The van der Waals surface area contributed by atoms with Crippen molar-refractivity contribution >= 4 is 44.9 Å². The van der Waals surface area contributed by atoms with Gasteiger partial charge in [0.1, 0.15) is 21.7 Å². The average Bonchev–Trinajstić information content (AvgIpc) is 3.49. The van der Waals surface area contributed by atoms with Crippen LogP contribution in [0.3, 0.4) is 0 Å². The smallest absolute Gasteiger partial charge is 0.341 e. The van der Waals surface area contributed by atoms with Crippen LogP contribution in [0.4, 0.5) is 10.7 Å². The van der Waals surface area contributed by atoms with E-state index >= 15 is 0 Å². The van der Waals surface area contributed by atoms with Crippen LogP contribution in [-0.2, 0) is 17.6 Å². The molecule has 0 amide bonds. The fraction of sp³-hybridized carbons (Fsp3) is 0.370. The molecular formula is C27H28N4O4S2. The number of nitrogens with one attached hydrogen (secondary N) is 1. The zero-order chi connectivity index (χ0) is 26.7. The monoisotopic (exact) mass is 536 g/mol. The number of allylic oxidation sites excluding steroid dienone is 1. The number of esters is 1. The summed E-state index contributed by atoms with van der Waals surface area (Å²) < 4.78 is 5.37. The topological polar surface area (TPSA) is 118 Å². The van der Waals surface area contributed by atoms with Crippen molar-refractivity contribution in [3.63, 3.8) is 0 Å². The molecule has 0 fully saturated rings. The molecule has 0 spiro atoms. The summed E-state index contributed by atoms with van der Waals surface area (Å²) in [6.07, 6.45) is 4.30. The minimum Gasteiger partial charge on any atom is -0.462 e. The lowest BCUT2D eigenvalue weighted by Crippen LogP contribution is -2.26. The Morgan fingerprint density at radius 3 is 2.86 bits per heavy atom. The Kier molecular flexibility index (Phi) is 7.76. The third-order valence-corrected chi connectivity index (χ3v) is 8.59. The van der Waals surface area contributed by atoms with Gasteiger partial charge in [-0.05, 0) is 43.1 Å². The Morgan fingerprint density at radius 1 is 1.41 bits per heavy atom. The van der Waals surface area contributed by atoms with Gasteiger partial charge >= 0.3 is 5.97 Å². The number of nitro benzene ring substituents is 1. The summed E-state index contributed by atoms with van der Waals surface area (Å²) >= 11 is 2.82. The number of hydrogen-bond acceptors (Lipinski definition) is 9. The Bertz CT molecular complexity index is 1410. The molecule has 2 aromatic heterocycles. The number of fused-ring (bicyclic) bond motifs is 1. The summed E-state index contributed by atoms with van der Waals surface area (Å²) in [6, 6.07) is 8.40. The lowest BCUT2D eigenvalue weighted by molar-refractivity contribution is -0.384. The summed E-state index contributed by atoms with van der Waals surface area (Å²) in [4.78, 5) is 29.3. The van der Waals surface area contributed by atoms with Crippen molar-refractivity contribution in [2.24, 2.45) is 11.3 Å². The number of non-ortho nitro benzene ring substituents is 1. The molecule has 4 rings (SSSR count). The molecule has 2 heterocycles. The molecule has 0 saturated carbocycles. The molecule has 1 unspecified atom stereocenters. The van der Waals surface area contributed by atoms with Crippen LogP contribution >= 0.6 is 22.7 Å². The number of ether oxygens (including phenoxy) is 1. The fourth-order valence-corrected chi connectivity index (χ4v) is 6.51. The molecule has 8 nitrogen and oxygen atoms in total. The van der Waals surface area contributed by atoms with Crippen LogP contribution in [0.25, 0.3) is 16.8 Å². The number of aromatic nitrogens is 1. The second kappa shape index (κ2) is 10.8. The maximum absolute atomic E-state index is 12.9. The summed E-state index contributed by atoms with van der Waals surface area (Å²) in [6.45, 7) is 8.82. The van der Waals surface area contributed by atoms with E-state index in [1.165, 1.54) is 28.3 Å². The average molecular weight is 537 g/mol. The summed E-state index contributed by atoms with van der Waals surface area (Å²) in [5.74, 6) is 0.167. The van der Waals surface area contributed by atoms with Gasteiger partial charge in [0.05, 0.1) is 22.8 Å². The number of carbonyl (C=O) groups excluding carboxylic acids is 1. The number of benzene rings is 1. The molecule has 3 aromatic rings. The minimum absolute atomic E-state index is 0.0216. The van der Waals surface area contributed by atoms with E-state index in [0.29, 0.717) is 38.3 Å². The number of anilines is 1. The van der Waals surface area contributed by atoms with Crippen LogP contribution in [0, 0.1) is 32.8 Å². The van der Waals surface area contributed by atoms with E-state index in [1.54, 1.807) is 42.0 Å². The van der Waals surface area contributed by atoms with Gasteiger partial charge in [0.15, 0.2) is 0 Å². The normalized spacial score (nSPS) is 15.5. The number of nitro groups is 1. The van der Waals surface area contributed by atoms with Gasteiger partial charge in [-0.2, -0.15) is 5.26 Å². The highest BCUT2D eigenvalue weighted by Gasteiger charge is 2.34. The lowest BCUT2D eigenvalue weighted by atomic mass is 9.72. The predicted octanol–water partition coefficient (Wildman–Crippen LogP) is 7.08. The maximum atomic E-state index is 12.9. The third-order valence-electron chi connectivity index (χ3n) is 6.52. The van der Waals surface area contributed by atoms with Gasteiger partial charge in [-0.25, -0.2) is 9.78 Å². The molecule has 0 radical (unpaired) electrons. The van der Waals surface area contributed by atoms with Crippen molar-refractivity contribution in [2.45, 2.75) is 47.0 Å². The second-order valence-corrected chi connectivity index (χ2v) is 11.9. The van der Waals surface area contributed by atoms with Crippen LogP contribution in [0.5, 0.6) is 0 Å². The summed E-state index contributed by atoms with van der Waals surface area (Å²) in [5, 5.41) is 27.1. The predicted molar refractivity (Wildman–Crippen MR) is 147 cm³/mol. The van der Waals surface area contributed by atoms with Crippen LogP contribution < -0.4 is 5.32 Å². The standard InChI is InChI=1S/C27H28N4O4S2/c1-5-35-26(32)23-20-10-9-18(27(2,3)4)12-22(20)37-25(23)29-14-17(13-28)24-30-21(15-36-24)16-7-6-8-19(11-16)31(33)34/h6-8,11,14-15,18,29H,5,9-10,12H2,1-4H3/b17-14-. The van der Waals surface area contributed by atoms with Crippen molar-refractivity contribution in [2.75, 3.05) is 11.9 Å². The molecule has 1 N–H and O–H groups in total. The van der Waals surface area contributed by atoms with Crippen LogP contribution in [0.2, 0.25) is 0 Å². The van der Waals surface area contributed by atoms with Gasteiger partial charge in [-0.1, -0.05) is 32.9 Å². The second-order valence-electron chi connectivity index (χ2n) is 9.89. The Morgan fingerprint density at radius 2 is 2.19 bits per heavy atom. The van der Waals surface area contributed by atoms with Gasteiger partial charge in [0, 0.05) is 34.2 Å². The molecule has 1 aliphatic rings. The molecule has 192 valence electrons. The molecular weight excluding hydrogens is 508 g/mol. The molecule has 1 aromatic carbocycles. The number of thiazole rings is 1. The summed E-state index contributed by atoms with van der Waals surface area (Å²) in [7, 11) is 0. The zero-order valence-corrected chi connectivity index (χ0v) is 22.8. The van der Waals surface area contributed by atoms with Crippen LogP contribution in [-0.4, -0.2) is 22.5 Å². The van der Waals surface area contributed by atoms with E-state index in [0.717, 1.165) is 24.8 Å². The fourth-order valence-electron chi connectivity index (χ4n) is 4.43. The van der Waals surface area contributed by atoms with Crippen LogP contribution in [0.1, 0.15) is 59.9 Å². The van der Waals surface area contributed by atoms with Crippen molar-refractivity contribution in [1.82, 2.24) is 4.98 Å². The number of carbonyl (C=O) groups is 1. The molecule has 10 heteroatoms. The van der Waals surface area contributed by atoms with E-state index in [4.69, 9.17) is 4.74 Å². The van der Waals surface area contributed by atoms with Gasteiger partial charge in [-0.15, -0.1) is 22.7 Å². The Hall–Kier alpha value is -3.55. The highest BCUT2D eigenvalue weighted by molar-refractivity contribution is 7.16. The first-order valence-corrected chi connectivity index (χ1v) is 13.7. The first kappa shape index (κ1) is 26.5. The first-order chi connectivity index (χ1) is 17.6. The minimum atomic E-state index is -0.452. The molecule has 37 heavy (non-hydrogen) atoms. The number of hydrogen-bond donors (Lipinski definition) is 1. The Balaban J connectivity index is 1.63. The molecule has 1 aliphatic carbocycles. The largest absolute Gasteiger partial charge is 0.462 e. The lowest BCUT2D eigenvalue weighted by Gasteiger charge is -2.33. The Labute approximate surface area is 223 Å². The van der Waals surface area contributed by atoms with E-state index in [1.807, 2.05) is 0 Å². The number of thiophene rings is 1. The van der Waals surface area contributed by atoms with E-state index in [2.05, 4.69) is 37.1 Å². The summed E-state index contributed by atoms with van der Waals surface area (Å²) in [5.41, 5.74) is 3.21. The first-order valence-electron chi connectivity index (χ1n) is 12.0. The number of nitrogens with zero attached hydrogens (tertiary/aromatic N) is 3. The van der Waals surface area contributed by atoms with Gasteiger partial charge < -0.3 is 10.1 Å². The van der Waals surface area contributed by atoms with Gasteiger partial charge in [0.25, 0.3) is 5.69 Å². The van der Waals surface area contributed by atoms with Crippen molar-refractivity contribution in [3.8, 4) is 17.3 Å². The molecule has 0 bridgehead atoms. The van der Waals surface area contributed by atoms with Crippen molar-refractivity contribution in [1.29, 1.82) is 5.26 Å². The van der Waals surface area contributed by atoms with Crippen molar-refractivity contribution < 1.29 is 14.5 Å². The van der Waals surface area contributed by atoms with Crippen LogP contribution in [0.15, 0.2) is 35.8 Å². The van der Waals surface area contributed by atoms with E-state index in [9.17, 15) is 20.2 Å². The SMILES string of the molecule is CCOC(=O)c1c(N/C=C(/C#N)c2nc(-c3cccc([N+](=O)[O-])c3)cs2)sc2c1CCC(C(C)(C)C)C2. The maximum Gasteiger partial charge on any atom is 0.341 e. The molecule has 0 aliphatic heterocycles. The zero-order valence-electron chi connectivity index (χ0n) is 21.2.